The second-order valence-electron chi connectivity index (χ2n) is 2.06. The number of carbonyl (C=O) groups excluding carboxylic acids is 1. The lowest BCUT2D eigenvalue weighted by molar-refractivity contribution is 0.1000. The minimum Gasteiger partial charge on any atom is -0.364 e. The van der Waals surface area contributed by atoms with Gasteiger partial charge in [-0.1, -0.05) is 6.58 Å². The number of thiazole rings is 1. The third kappa shape index (κ3) is 1.57. The zero-order chi connectivity index (χ0) is 9.14. The predicted molar refractivity (Wildman–Crippen MR) is 48.4 cm³/mol. The number of nitrogens with two attached hydrogens (primary N) is 1. The molecule has 0 saturated heterocycles. The number of hydrogen-bond acceptors (Lipinski definition) is 4. The SMILES string of the molecule is C=C(C=N)c1cnc(C(N)=O)s1. The van der Waals surface area contributed by atoms with Crippen LogP contribution in [0.15, 0.2) is 12.8 Å². The van der Waals surface area contributed by atoms with E-state index in [4.69, 9.17) is 11.1 Å². The van der Waals surface area contributed by atoms with Gasteiger partial charge in [0.1, 0.15) is 0 Å². The van der Waals surface area contributed by atoms with Gasteiger partial charge in [0, 0.05) is 18.0 Å². The lowest BCUT2D eigenvalue weighted by Crippen LogP contribution is -2.09. The van der Waals surface area contributed by atoms with E-state index in [9.17, 15) is 4.79 Å². The number of nitrogens with one attached hydrogen (secondary N) is 1. The van der Waals surface area contributed by atoms with Crippen LogP contribution in [0.2, 0.25) is 0 Å². The molecule has 0 aliphatic heterocycles. The molecule has 0 aliphatic carbocycles. The average Bonchev–Trinajstić information content (AvgIpc) is 2.51. The Balaban J connectivity index is 2.99. The Morgan fingerprint density at radius 1 is 1.83 bits per heavy atom. The summed E-state index contributed by atoms with van der Waals surface area (Å²) in [5, 5.41) is 7.14. The van der Waals surface area contributed by atoms with E-state index in [1.54, 1.807) is 0 Å². The monoisotopic (exact) mass is 181 g/mol. The van der Waals surface area contributed by atoms with Gasteiger partial charge < -0.3 is 11.1 Å². The molecule has 5 heteroatoms. The summed E-state index contributed by atoms with van der Waals surface area (Å²) in [5.74, 6) is -0.552. The fraction of sp³-hybridized carbons (Fsp3) is 0. The second kappa shape index (κ2) is 3.27. The Labute approximate surface area is 73.2 Å². The molecule has 0 bridgehead atoms. The zero-order valence-corrected chi connectivity index (χ0v) is 7.02. The standard InChI is InChI=1S/C7H7N3OS/c1-4(2-8)5-3-10-7(12-5)6(9)11/h2-3,8H,1H2,(H2,9,11). The number of carbonyl (C=O) groups is 1. The van der Waals surface area contributed by atoms with Crippen molar-refractivity contribution in [1.29, 1.82) is 5.41 Å². The minimum absolute atomic E-state index is 0.244. The number of rotatable bonds is 3. The van der Waals surface area contributed by atoms with E-state index in [2.05, 4.69) is 11.6 Å². The number of allylic oxidation sites excluding steroid dienone is 1. The Kier molecular flexibility index (Phi) is 2.35. The lowest BCUT2D eigenvalue weighted by Gasteiger charge is -1.87. The quantitative estimate of drug-likeness (QED) is 0.679. The van der Waals surface area contributed by atoms with Crippen molar-refractivity contribution in [3.63, 3.8) is 0 Å². The third-order valence-electron chi connectivity index (χ3n) is 1.21. The summed E-state index contributed by atoms with van der Waals surface area (Å²) in [5.41, 5.74) is 5.52. The van der Waals surface area contributed by atoms with Gasteiger partial charge in [-0.2, -0.15) is 0 Å². The van der Waals surface area contributed by atoms with E-state index < -0.39 is 5.91 Å². The maximum Gasteiger partial charge on any atom is 0.277 e. The van der Waals surface area contributed by atoms with E-state index in [1.165, 1.54) is 6.20 Å². The van der Waals surface area contributed by atoms with Crippen molar-refractivity contribution in [1.82, 2.24) is 4.98 Å². The molecule has 12 heavy (non-hydrogen) atoms. The molecular weight excluding hydrogens is 174 g/mol. The molecule has 1 heterocycles. The first-order valence-electron chi connectivity index (χ1n) is 3.10. The Hall–Kier alpha value is -1.49. The largest absolute Gasteiger partial charge is 0.364 e. The van der Waals surface area contributed by atoms with Gasteiger partial charge in [0.05, 0.1) is 4.88 Å². The predicted octanol–water partition coefficient (Wildman–Crippen LogP) is 0.905. The summed E-state index contributed by atoms with van der Waals surface area (Å²) in [6.45, 7) is 3.59. The summed E-state index contributed by atoms with van der Waals surface area (Å²) in [6.07, 6.45) is 2.59. The first-order chi connectivity index (χ1) is 5.65. The molecule has 0 aromatic carbocycles. The number of nitrogens with zero attached hydrogens (tertiary/aromatic N) is 1. The highest BCUT2D eigenvalue weighted by Gasteiger charge is 2.07. The maximum absolute atomic E-state index is 10.6. The van der Waals surface area contributed by atoms with Crippen LogP contribution in [-0.4, -0.2) is 17.1 Å². The molecule has 3 N–H and O–H groups in total. The maximum atomic E-state index is 10.6. The molecule has 1 aromatic heterocycles. The van der Waals surface area contributed by atoms with Crippen LogP contribution in [0.5, 0.6) is 0 Å². The smallest absolute Gasteiger partial charge is 0.277 e. The normalized spacial score (nSPS) is 9.33. The van der Waals surface area contributed by atoms with E-state index in [0.29, 0.717) is 10.5 Å². The molecule has 0 saturated carbocycles. The van der Waals surface area contributed by atoms with E-state index in [0.717, 1.165) is 17.6 Å². The fourth-order valence-electron chi connectivity index (χ4n) is 0.608. The average molecular weight is 181 g/mol. The molecule has 62 valence electrons. The molecule has 1 amide bonds. The van der Waals surface area contributed by atoms with E-state index in [-0.39, 0.29) is 5.01 Å². The molecule has 4 nitrogen and oxygen atoms in total. The van der Waals surface area contributed by atoms with Crippen molar-refractivity contribution in [3.8, 4) is 0 Å². The van der Waals surface area contributed by atoms with Crippen LogP contribution in [0.4, 0.5) is 0 Å². The van der Waals surface area contributed by atoms with Crippen LogP contribution in [0, 0.1) is 5.41 Å². The van der Waals surface area contributed by atoms with Gasteiger partial charge in [0.25, 0.3) is 5.91 Å². The highest BCUT2D eigenvalue weighted by Crippen LogP contribution is 2.18. The molecule has 1 rings (SSSR count). The number of primary amides is 1. The van der Waals surface area contributed by atoms with Crippen LogP contribution in [0.3, 0.4) is 0 Å². The van der Waals surface area contributed by atoms with Gasteiger partial charge in [-0.05, 0) is 0 Å². The van der Waals surface area contributed by atoms with Crippen molar-refractivity contribution >= 4 is 29.0 Å². The van der Waals surface area contributed by atoms with Crippen molar-refractivity contribution in [2.24, 2.45) is 5.73 Å². The van der Waals surface area contributed by atoms with Crippen molar-refractivity contribution in [3.05, 3.63) is 22.7 Å². The molecular formula is C7H7N3OS. The van der Waals surface area contributed by atoms with Crippen LogP contribution in [0.1, 0.15) is 14.7 Å². The Morgan fingerprint density at radius 2 is 2.50 bits per heavy atom. The first kappa shape index (κ1) is 8.61. The number of aromatic nitrogens is 1. The van der Waals surface area contributed by atoms with Crippen LogP contribution in [0.25, 0.3) is 5.57 Å². The Morgan fingerprint density at radius 3 is 2.92 bits per heavy atom. The van der Waals surface area contributed by atoms with Crippen molar-refractivity contribution in [2.75, 3.05) is 0 Å². The summed E-state index contributed by atoms with van der Waals surface area (Å²) >= 11 is 1.14. The van der Waals surface area contributed by atoms with Crippen LogP contribution in [-0.2, 0) is 0 Å². The van der Waals surface area contributed by atoms with E-state index >= 15 is 0 Å². The summed E-state index contributed by atoms with van der Waals surface area (Å²) in [6, 6.07) is 0. The van der Waals surface area contributed by atoms with Gasteiger partial charge in [-0.15, -0.1) is 11.3 Å². The number of hydrogen-bond donors (Lipinski definition) is 2. The van der Waals surface area contributed by atoms with Crippen molar-refractivity contribution in [2.45, 2.75) is 0 Å². The van der Waals surface area contributed by atoms with Gasteiger partial charge in [-0.3, -0.25) is 4.79 Å². The topological polar surface area (TPSA) is 79.8 Å². The summed E-state index contributed by atoms with van der Waals surface area (Å²) < 4.78 is 0. The minimum atomic E-state index is -0.552. The van der Waals surface area contributed by atoms with Crippen LogP contribution < -0.4 is 5.73 Å². The summed E-state index contributed by atoms with van der Waals surface area (Å²) in [7, 11) is 0. The van der Waals surface area contributed by atoms with Gasteiger partial charge in [0.2, 0.25) is 0 Å². The molecule has 0 aliphatic rings. The first-order valence-corrected chi connectivity index (χ1v) is 3.92. The molecule has 0 fully saturated rings. The molecule has 0 atom stereocenters. The Bertz CT molecular complexity index is 342. The molecule has 0 spiro atoms. The van der Waals surface area contributed by atoms with Crippen LogP contribution >= 0.6 is 11.3 Å². The molecule has 0 radical (unpaired) electrons. The molecule has 1 aromatic rings. The third-order valence-corrected chi connectivity index (χ3v) is 2.29. The highest BCUT2D eigenvalue weighted by atomic mass is 32.1. The van der Waals surface area contributed by atoms with Crippen molar-refractivity contribution < 1.29 is 4.79 Å². The summed E-state index contributed by atoms with van der Waals surface area (Å²) in [4.78, 5) is 15.1. The van der Waals surface area contributed by atoms with Gasteiger partial charge in [-0.25, -0.2) is 4.98 Å². The lowest BCUT2D eigenvalue weighted by atomic mass is 10.3. The highest BCUT2D eigenvalue weighted by molar-refractivity contribution is 7.14. The van der Waals surface area contributed by atoms with Gasteiger partial charge >= 0.3 is 0 Å². The fourth-order valence-corrected chi connectivity index (χ4v) is 1.32. The number of amides is 1. The van der Waals surface area contributed by atoms with E-state index in [1.807, 2.05) is 0 Å². The zero-order valence-electron chi connectivity index (χ0n) is 6.20. The molecule has 0 unspecified atom stereocenters. The second-order valence-corrected chi connectivity index (χ2v) is 3.09. The van der Waals surface area contributed by atoms with Gasteiger partial charge in [0.15, 0.2) is 5.01 Å².